The van der Waals surface area contributed by atoms with Crippen molar-refractivity contribution in [1.29, 1.82) is 0 Å². The minimum Gasteiger partial charge on any atom is -0.206 e. The molecule has 0 heterocycles. The molecule has 0 aliphatic carbocycles. The van der Waals surface area contributed by atoms with E-state index in [4.69, 9.17) is 0 Å². The molecule has 0 saturated carbocycles. The zero-order valence-electron chi connectivity index (χ0n) is 9.34. The van der Waals surface area contributed by atoms with E-state index in [0.29, 0.717) is 0 Å². The van der Waals surface area contributed by atoms with Gasteiger partial charge in [-0.1, -0.05) is 44.7 Å². The summed E-state index contributed by atoms with van der Waals surface area (Å²) in [4.78, 5) is 0.785. The third-order valence-electron chi connectivity index (χ3n) is 2.34. The van der Waals surface area contributed by atoms with E-state index in [1.165, 1.54) is 38.2 Å². The predicted octanol–water partition coefficient (Wildman–Crippen LogP) is 4.89. The highest BCUT2D eigenvalue weighted by Crippen LogP contribution is 2.22. The molecular weight excluding hydrogens is 207 g/mol. The van der Waals surface area contributed by atoms with Crippen molar-refractivity contribution in [3.63, 3.8) is 0 Å². The molecule has 0 saturated heterocycles. The van der Waals surface area contributed by atoms with Gasteiger partial charge in [0.05, 0.1) is 0 Å². The van der Waals surface area contributed by atoms with Crippen LogP contribution in [0.5, 0.6) is 0 Å². The first-order chi connectivity index (χ1) is 7.34. The van der Waals surface area contributed by atoms with Crippen molar-refractivity contribution in [2.45, 2.75) is 43.9 Å². The van der Waals surface area contributed by atoms with Crippen molar-refractivity contribution in [3.8, 4) is 0 Å². The van der Waals surface area contributed by atoms with Gasteiger partial charge in [0, 0.05) is 4.90 Å². The molecule has 0 radical (unpaired) electrons. The van der Waals surface area contributed by atoms with Crippen molar-refractivity contribution in [2.75, 3.05) is 5.75 Å². The molecule has 1 aromatic rings. The molecule has 0 atom stereocenters. The molecule has 2 heteroatoms. The number of benzene rings is 1. The maximum atomic E-state index is 13.2. The third kappa shape index (κ3) is 5.22. The Hall–Kier alpha value is -0.500. The quantitative estimate of drug-likeness (QED) is 0.471. The van der Waals surface area contributed by atoms with Gasteiger partial charge < -0.3 is 0 Å². The van der Waals surface area contributed by atoms with Crippen LogP contribution in [0.25, 0.3) is 0 Å². The summed E-state index contributed by atoms with van der Waals surface area (Å²) in [6.45, 7) is 2.22. The fourth-order valence-corrected chi connectivity index (χ4v) is 2.40. The Balaban J connectivity index is 2.12. The first kappa shape index (κ1) is 12.6. The van der Waals surface area contributed by atoms with Crippen LogP contribution in [0.3, 0.4) is 0 Å². The van der Waals surface area contributed by atoms with Gasteiger partial charge in [0.1, 0.15) is 5.82 Å². The van der Waals surface area contributed by atoms with Crippen molar-refractivity contribution >= 4 is 11.8 Å². The van der Waals surface area contributed by atoms with Gasteiger partial charge in [-0.3, -0.25) is 0 Å². The number of unbranched alkanes of at least 4 members (excludes halogenated alkanes) is 4. The molecular formula is C13H19FS. The smallest absolute Gasteiger partial charge is 0.136 e. The summed E-state index contributed by atoms with van der Waals surface area (Å²) in [7, 11) is 0. The van der Waals surface area contributed by atoms with Crippen LogP contribution < -0.4 is 0 Å². The normalized spacial score (nSPS) is 10.5. The summed E-state index contributed by atoms with van der Waals surface area (Å²) in [6, 6.07) is 7.01. The molecule has 1 rings (SSSR count). The monoisotopic (exact) mass is 226 g/mol. The van der Waals surface area contributed by atoms with Gasteiger partial charge in [0.25, 0.3) is 0 Å². The van der Waals surface area contributed by atoms with Crippen LogP contribution in [-0.4, -0.2) is 5.75 Å². The van der Waals surface area contributed by atoms with Crippen LogP contribution in [0.1, 0.15) is 39.0 Å². The topological polar surface area (TPSA) is 0 Å². The highest BCUT2D eigenvalue weighted by atomic mass is 32.2. The minimum absolute atomic E-state index is 0.0870. The van der Waals surface area contributed by atoms with E-state index < -0.39 is 0 Å². The Morgan fingerprint density at radius 3 is 2.53 bits per heavy atom. The van der Waals surface area contributed by atoms with E-state index in [0.717, 1.165) is 10.6 Å². The summed E-state index contributed by atoms with van der Waals surface area (Å²) < 4.78 is 13.2. The Bertz CT molecular complexity index is 273. The molecule has 0 nitrogen and oxygen atoms in total. The summed E-state index contributed by atoms with van der Waals surface area (Å²) in [5, 5.41) is 0. The van der Waals surface area contributed by atoms with Crippen LogP contribution >= 0.6 is 11.8 Å². The van der Waals surface area contributed by atoms with Crippen LogP contribution in [0.4, 0.5) is 4.39 Å². The Labute approximate surface area is 96.3 Å². The number of rotatable bonds is 7. The van der Waals surface area contributed by atoms with Crippen molar-refractivity contribution < 1.29 is 4.39 Å². The molecule has 1 aromatic carbocycles. The first-order valence-corrected chi connectivity index (χ1v) is 6.70. The van der Waals surface area contributed by atoms with E-state index >= 15 is 0 Å². The molecule has 0 aliphatic rings. The van der Waals surface area contributed by atoms with E-state index in [2.05, 4.69) is 6.92 Å². The zero-order chi connectivity index (χ0) is 10.9. The Morgan fingerprint density at radius 2 is 1.80 bits per heavy atom. The van der Waals surface area contributed by atoms with Crippen molar-refractivity contribution in [2.24, 2.45) is 0 Å². The molecule has 0 N–H and O–H groups in total. The van der Waals surface area contributed by atoms with Crippen LogP contribution in [-0.2, 0) is 0 Å². The molecule has 0 bridgehead atoms. The standard InChI is InChI=1S/C13H19FS/c1-2-3-4-5-8-11-15-13-10-7-6-9-12(13)14/h6-7,9-10H,2-5,8,11H2,1H3. The summed E-state index contributed by atoms with van der Waals surface area (Å²) in [6.07, 6.45) is 6.38. The van der Waals surface area contributed by atoms with Crippen LogP contribution in [0.15, 0.2) is 29.2 Å². The highest BCUT2D eigenvalue weighted by molar-refractivity contribution is 7.99. The highest BCUT2D eigenvalue weighted by Gasteiger charge is 2.00. The fourth-order valence-electron chi connectivity index (χ4n) is 1.45. The van der Waals surface area contributed by atoms with Gasteiger partial charge in [-0.25, -0.2) is 4.39 Å². The molecule has 0 aliphatic heterocycles. The first-order valence-electron chi connectivity index (χ1n) is 5.72. The third-order valence-corrected chi connectivity index (χ3v) is 3.48. The van der Waals surface area contributed by atoms with E-state index in [9.17, 15) is 4.39 Å². The molecule has 0 aromatic heterocycles. The van der Waals surface area contributed by atoms with Gasteiger partial charge in [-0.05, 0) is 24.3 Å². The number of hydrogen-bond donors (Lipinski definition) is 0. The second-order valence-corrected chi connectivity index (χ2v) is 4.83. The van der Waals surface area contributed by atoms with Gasteiger partial charge in [0.15, 0.2) is 0 Å². The molecule has 0 amide bonds. The van der Waals surface area contributed by atoms with E-state index in [-0.39, 0.29) is 5.82 Å². The summed E-state index contributed by atoms with van der Waals surface area (Å²) >= 11 is 1.63. The van der Waals surface area contributed by atoms with E-state index in [1.54, 1.807) is 17.8 Å². The lowest BCUT2D eigenvalue weighted by molar-refractivity contribution is 0.601. The number of thioether (sulfide) groups is 1. The van der Waals surface area contributed by atoms with Gasteiger partial charge >= 0.3 is 0 Å². The Kier molecular flexibility index (Phi) is 6.49. The molecule has 15 heavy (non-hydrogen) atoms. The van der Waals surface area contributed by atoms with Crippen LogP contribution in [0, 0.1) is 5.82 Å². The number of halogens is 1. The predicted molar refractivity (Wildman–Crippen MR) is 65.9 cm³/mol. The van der Waals surface area contributed by atoms with Gasteiger partial charge in [0.2, 0.25) is 0 Å². The van der Waals surface area contributed by atoms with Crippen molar-refractivity contribution in [1.82, 2.24) is 0 Å². The average Bonchev–Trinajstić information content (AvgIpc) is 2.25. The Morgan fingerprint density at radius 1 is 1.07 bits per heavy atom. The lowest BCUT2D eigenvalue weighted by Crippen LogP contribution is -1.84. The lowest BCUT2D eigenvalue weighted by atomic mass is 10.2. The number of hydrogen-bond acceptors (Lipinski definition) is 1. The maximum Gasteiger partial charge on any atom is 0.136 e. The SMILES string of the molecule is CCCCCCCSc1ccccc1F. The zero-order valence-corrected chi connectivity index (χ0v) is 10.2. The lowest BCUT2D eigenvalue weighted by Gasteiger charge is -2.02. The van der Waals surface area contributed by atoms with Crippen molar-refractivity contribution in [3.05, 3.63) is 30.1 Å². The summed E-state index contributed by atoms with van der Waals surface area (Å²) in [5.74, 6) is 0.945. The minimum atomic E-state index is -0.0870. The second kappa shape index (κ2) is 7.75. The van der Waals surface area contributed by atoms with Gasteiger partial charge in [-0.15, -0.1) is 11.8 Å². The van der Waals surface area contributed by atoms with Crippen LogP contribution in [0.2, 0.25) is 0 Å². The average molecular weight is 226 g/mol. The van der Waals surface area contributed by atoms with E-state index in [1.807, 2.05) is 12.1 Å². The fraction of sp³-hybridized carbons (Fsp3) is 0.538. The molecule has 0 fully saturated rings. The second-order valence-electron chi connectivity index (χ2n) is 3.69. The molecule has 0 spiro atoms. The van der Waals surface area contributed by atoms with Gasteiger partial charge in [-0.2, -0.15) is 0 Å². The molecule has 84 valence electrons. The largest absolute Gasteiger partial charge is 0.206 e. The maximum absolute atomic E-state index is 13.2. The summed E-state index contributed by atoms with van der Waals surface area (Å²) in [5.41, 5.74) is 0. The molecule has 0 unspecified atom stereocenters.